The van der Waals surface area contributed by atoms with E-state index >= 15 is 0 Å². The van der Waals surface area contributed by atoms with E-state index in [4.69, 9.17) is 9.94 Å². The van der Waals surface area contributed by atoms with Crippen LogP contribution in [-0.2, 0) is 14.8 Å². The second-order valence-corrected chi connectivity index (χ2v) is 6.83. The van der Waals surface area contributed by atoms with Crippen LogP contribution in [0.3, 0.4) is 0 Å². The van der Waals surface area contributed by atoms with Gasteiger partial charge in [0.1, 0.15) is 4.90 Å². The van der Waals surface area contributed by atoms with E-state index < -0.39 is 15.2 Å². The summed E-state index contributed by atoms with van der Waals surface area (Å²) in [7, 11) is -3.89. The predicted octanol–water partition coefficient (Wildman–Crippen LogP) is 1.47. The number of benzene rings is 1. The van der Waals surface area contributed by atoms with E-state index in [1.165, 1.54) is 24.3 Å². The predicted molar refractivity (Wildman–Crippen MR) is 75.0 cm³/mol. The van der Waals surface area contributed by atoms with Crippen molar-refractivity contribution < 1.29 is 18.4 Å². The van der Waals surface area contributed by atoms with Crippen molar-refractivity contribution >= 4 is 15.7 Å². The first-order valence-electron chi connectivity index (χ1n) is 6.02. The first-order valence-corrected chi connectivity index (χ1v) is 7.50. The van der Waals surface area contributed by atoms with Gasteiger partial charge in [0.2, 0.25) is 10.0 Å². The average molecular weight is 303 g/mol. The minimum atomic E-state index is -3.89. The summed E-state index contributed by atoms with van der Waals surface area (Å²) in [5, 5.41) is 19.4. The van der Waals surface area contributed by atoms with E-state index in [2.05, 4.69) is 4.72 Å². The second-order valence-electron chi connectivity index (χ2n) is 5.10. The van der Waals surface area contributed by atoms with E-state index in [1.54, 1.807) is 0 Å². The van der Waals surface area contributed by atoms with Crippen molar-refractivity contribution in [2.75, 3.05) is 18.4 Å². The Hall–Kier alpha value is -1.19. The maximum atomic E-state index is 12.0. The highest BCUT2D eigenvalue weighted by Gasteiger charge is 2.18. The molecule has 0 saturated carbocycles. The zero-order valence-corrected chi connectivity index (χ0v) is 12.5. The van der Waals surface area contributed by atoms with Gasteiger partial charge < -0.3 is 15.2 Å². The van der Waals surface area contributed by atoms with Crippen LogP contribution in [0.5, 0.6) is 0 Å². The summed E-state index contributed by atoms with van der Waals surface area (Å²) in [6, 6.07) is 5.38. The molecule has 114 valence electrons. The fraction of sp³-hybridized carbons (Fsp3) is 0.500. The molecule has 0 fully saturated rings. The van der Waals surface area contributed by atoms with Crippen LogP contribution in [0.1, 0.15) is 20.8 Å². The molecule has 0 saturated heterocycles. The van der Waals surface area contributed by atoms with E-state index in [0.29, 0.717) is 0 Å². The number of nitrogens with zero attached hydrogens (tertiary/aromatic N) is 1. The largest absolute Gasteiger partial charge is 0.733 e. The Bertz CT molecular complexity index is 537. The summed E-state index contributed by atoms with van der Waals surface area (Å²) in [5.41, 5.74) is -0.697. The Morgan fingerprint density at radius 2 is 1.95 bits per heavy atom. The standard InChI is InChI=1S/C12H19N2O5S/c1-12(2,3)19-9-8-13-20(17,18)11-7-5-4-6-10(11)14(15)16/h4-7,13,15H,8-9H2,1-3H3/q-1. The molecular weight excluding hydrogens is 284 g/mol. The van der Waals surface area contributed by atoms with Crippen LogP contribution in [-0.4, -0.2) is 32.4 Å². The Kier molecular flexibility index (Phi) is 5.49. The molecule has 20 heavy (non-hydrogen) atoms. The molecule has 0 radical (unpaired) electrons. The quantitative estimate of drug-likeness (QED) is 0.609. The van der Waals surface area contributed by atoms with Crippen molar-refractivity contribution in [2.45, 2.75) is 31.3 Å². The van der Waals surface area contributed by atoms with Gasteiger partial charge in [0, 0.05) is 6.54 Å². The second kappa shape index (κ2) is 6.51. The summed E-state index contributed by atoms with van der Waals surface area (Å²) in [4.78, 5) is -0.284. The molecule has 1 aromatic carbocycles. The van der Waals surface area contributed by atoms with E-state index in [-0.39, 0.29) is 29.3 Å². The number of rotatable bonds is 6. The number of sulfonamides is 1. The first kappa shape index (κ1) is 16.9. The van der Waals surface area contributed by atoms with E-state index in [0.717, 1.165) is 0 Å². The van der Waals surface area contributed by atoms with Gasteiger partial charge in [0.15, 0.2) is 0 Å². The SMILES string of the molecule is CC(C)(C)OCCNS(=O)(=O)c1ccccc1N([O-])O. The molecule has 0 bridgehead atoms. The van der Waals surface area contributed by atoms with Gasteiger partial charge in [-0.25, -0.2) is 13.1 Å². The topological polar surface area (TPSA) is 102 Å². The third kappa shape index (κ3) is 5.06. The Labute approximate surface area is 118 Å². The van der Waals surface area contributed by atoms with Crippen molar-refractivity contribution in [3.05, 3.63) is 29.5 Å². The molecule has 1 rings (SSSR count). The monoisotopic (exact) mass is 303 g/mol. The summed E-state index contributed by atoms with van der Waals surface area (Å²) >= 11 is 0. The van der Waals surface area contributed by atoms with Gasteiger partial charge in [0.25, 0.3) is 0 Å². The van der Waals surface area contributed by atoms with Crippen LogP contribution in [0.2, 0.25) is 0 Å². The molecule has 0 aliphatic rings. The van der Waals surface area contributed by atoms with Crippen molar-refractivity contribution in [1.82, 2.24) is 4.72 Å². The molecule has 0 amide bonds. The lowest BCUT2D eigenvalue weighted by Crippen LogP contribution is -2.31. The Morgan fingerprint density at radius 3 is 2.50 bits per heavy atom. The fourth-order valence-electron chi connectivity index (χ4n) is 1.45. The molecule has 0 atom stereocenters. The van der Waals surface area contributed by atoms with Gasteiger partial charge in [-0.2, -0.15) is 0 Å². The molecule has 2 N–H and O–H groups in total. The minimum absolute atomic E-state index is 0.0677. The third-order valence-corrected chi connectivity index (χ3v) is 3.80. The van der Waals surface area contributed by atoms with Crippen molar-refractivity contribution in [2.24, 2.45) is 0 Å². The normalized spacial score (nSPS) is 12.4. The number of nitrogens with one attached hydrogen (secondary N) is 1. The van der Waals surface area contributed by atoms with Crippen LogP contribution >= 0.6 is 0 Å². The Balaban J connectivity index is 2.75. The number of para-hydroxylation sites is 1. The van der Waals surface area contributed by atoms with Crippen LogP contribution < -0.4 is 9.95 Å². The van der Waals surface area contributed by atoms with Crippen molar-refractivity contribution in [1.29, 1.82) is 0 Å². The lowest BCUT2D eigenvalue weighted by atomic mass is 10.2. The maximum Gasteiger partial charge on any atom is 0.242 e. The third-order valence-electron chi connectivity index (χ3n) is 2.29. The smallest absolute Gasteiger partial charge is 0.242 e. The number of hydrogen-bond acceptors (Lipinski definition) is 6. The van der Waals surface area contributed by atoms with Gasteiger partial charge in [-0.15, -0.1) is 0 Å². The maximum absolute atomic E-state index is 12.0. The van der Waals surface area contributed by atoms with Gasteiger partial charge in [-0.1, -0.05) is 12.1 Å². The number of hydrogen-bond donors (Lipinski definition) is 2. The minimum Gasteiger partial charge on any atom is -0.733 e. The number of anilines is 1. The van der Waals surface area contributed by atoms with Crippen LogP contribution in [0.4, 0.5) is 5.69 Å². The molecular formula is C12H19N2O5S-. The molecule has 0 aromatic heterocycles. The molecule has 1 aromatic rings. The van der Waals surface area contributed by atoms with E-state index in [9.17, 15) is 13.6 Å². The zero-order chi connectivity index (χ0) is 15.4. The molecule has 0 heterocycles. The van der Waals surface area contributed by atoms with Crippen LogP contribution in [0, 0.1) is 5.21 Å². The molecule has 0 aliphatic heterocycles. The van der Waals surface area contributed by atoms with Crippen LogP contribution in [0.25, 0.3) is 0 Å². The van der Waals surface area contributed by atoms with Gasteiger partial charge in [-0.05, 0) is 32.9 Å². The lowest BCUT2D eigenvalue weighted by molar-refractivity contribution is 0.000790. The molecule has 0 spiro atoms. The molecule has 0 aliphatic carbocycles. The summed E-state index contributed by atoms with van der Waals surface area (Å²) in [6.45, 7) is 5.84. The summed E-state index contributed by atoms with van der Waals surface area (Å²) in [5.74, 6) is 0. The highest BCUT2D eigenvalue weighted by Crippen LogP contribution is 2.22. The fourth-order valence-corrected chi connectivity index (χ4v) is 2.64. The molecule has 8 heteroatoms. The summed E-state index contributed by atoms with van der Waals surface area (Å²) < 4.78 is 31.8. The van der Waals surface area contributed by atoms with Gasteiger partial charge in [-0.3, -0.25) is 5.21 Å². The lowest BCUT2D eigenvalue weighted by Gasteiger charge is -2.24. The van der Waals surface area contributed by atoms with Crippen molar-refractivity contribution in [3.63, 3.8) is 0 Å². The van der Waals surface area contributed by atoms with Gasteiger partial charge >= 0.3 is 0 Å². The number of ether oxygens (including phenoxy) is 1. The first-order chi connectivity index (χ1) is 9.13. The molecule has 0 unspecified atom stereocenters. The van der Waals surface area contributed by atoms with Crippen molar-refractivity contribution in [3.8, 4) is 0 Å². The highest BCUT2D eigenvalue weighted by molar-refractivity contribution is 7.89. The van der Waals surface area contributed by atoms with Gasteiger partial charge in [0.05, 0.1) is 17.9 Å². The van der Waals surface area contributed by atoms with E-state index in [1.807, 2.05) is 20.8 Å². The highest BCUT2D eigenvalue weighted by atomic mass is 32.2. The zero-order valence-electron chi connectivity index (χ0n) is 11.7. The Morgan fingerprint density at radius 1 is 1.35 bits per heavy atom. The summed E-state index contributed by atoms with van der Waals surface area (Å²) in [6.07, 6.45) is 0. The van der Waals surface area contributed by atoms with Crippen LogP contribution in [0.15, 0.2) is 29.2 Å². The molecule has 7 nitrogen and oxygen atoms in total. The average Bonchev–Trinajstić information content (AvgIpc) is 2.33.